The lowest BCUT2D eigenvalue weighted by Gasteiger charge is -2.42. The summed E-state index contributed by atoms with van der Waals surface area (Å²) in [5.74, 6) is 0.555. The van der Waals surface area contributed by atoms with E-state index in [4.69, 9.17) is 9.84 Å². The van der Waals surface area contributed by atoms with Gasteiger partial charge >= 0.3 is 0 Å². The van der Waals surface area contributed by atoms with E-state index in [0.29, 0.717) is 5.92 Å². The van der Waals surface area contributed by atoms with Gasteiger partial charge in [-0.2, -0.15) is 0 Å². The van der Waals surface area contributed by atoms with Crippen LogP contribution >= 0.6 is 0 Å². The van der Waals surface area contributed by atoms with Crippen LogP contribution in [0.3, 0.4) is 0 Å². The molecule has 1 N–H and O–H groups in total. The Morgan fingerprint density at radius 3 is 2.87 bits per heavy atom. The van der Waals surface area contributed by atoms with E-state index in [1.165, 1.54) is 0 Å². The van der Waals surface area contributed by atoms with Gasteiger partial charge in [-0.3, -0.25) is 4.79 Å². The van der Waals surface area contributed by atoms with Gasteiger partial charge in [0.2, 0.25) is 5.91 Å². The summed E-state index contributed by atoms with van der Waals surface area (Å²) < 4.78 is 5.49. The molecule has 0 aliphatic carbocycles. The van der Waals surface area contributed by atoms with Crippen molar-refractivity contribution in [3.8, 4) is 0 Å². The minimum Gasteiger partial charge on any atom is -0.396 e. The molecule has 2 heterocycles. The topological polar surface area (TPSA) is 49.8 Å². The minimum atomic E-state index is 0.0402. The highest BCUT2D eigenvalue weighted by molar-refractivity contribution is 5.80. The lowest BCUT2D eigenvalue weighted by atomic mass is 9.91. The van der Waals surface area contributed by atoms with Gasteiger partial charge in [0.25, 0.3) is 0 Å². The van der Waals surface area contributed by atoms with Crippen LogP contribution in [0.1, 0.15) is 19.8 Å². The third-order valence-electron chi connectivity index (χ3n) is 3.45. The molecule has 0 aromatic heterocycles. The summed E-state index contributed by atoms with van der Waals surface area (Å²) in [6.45, 7) is 4.40. The highest BCUT2D eigenvalue weighted by Gasteiger charge is 2.37. The van der Waals surface area contributed by atoms with E-state index in [1.54, 1.807) is 0 Å². The van der Waals surface area contributed by atoms with Gasteiger partial charge in [0.15, 0.2) is 0 Å². The van der Waals surface area contributed by atoms with Crippen molar-refractivity contribution in [1.82, 2.24) is 4.90 Å². The molecule has 0 radical (unpaired) electrons. The normalized spacial score (nSPS) is 32.5. The molecule has 2 aliphatic heterocycles. The van der Waals surface area contributed by atoms with E-state index < -0.39 is 0 Å². The molecule has 4 heteroatoms. The second kappa shape index (κ2) is 4.49. The van der Waals surface area contributed by atoms with Gasteiger partial charge in [-0.25, -0.2) is 0 Å². The first-order valence-corrected chi connectivity index (χ1v) is 5.73. The lowest BCUT2D eigenvalue weighted by molar-refractivity contribution is -0.151. The first-order valence-electron chi connectivity index (χ1n) is 5.73. The zero-order chi connectivity index (χ0) is 10.8. The Balaban J connectivity index is 1.85. The van der Waals surface area contributed by atoms with Crippen LogP contribution in [0.4, 0.5) is 0 Å². The first kappa shape index (κ1) is 10.9. The van der Waals surface area contributed by atoms with Crippen molar-refractivity contribution in [2.45, 2.75) is 25.9 Å². The van der Waals surface area contributed by atoms with Crippen molar-refractivity contribution in [2.24, 2.45) is 11.8 Å². The Hall–Kier alpha value is -0.610. The number of amides is 1. The summed E-state index contributed by atoms with van der Waals surface area (Å²) in [7, 11) is 0. The Morgan fingerprint density at radius 2 is 2.27 bits per heavy atom. The maximum absolute atomic E-state index is 12.0. The van der Waals surface area contributed by atoms with Crippen LogP contribution in [0.2, 0.25) is 0 Å². The Morgan fingerprint density at radius 1 is 1.53 bits per heavy atom. The van der Waals surface area contributed by atoms with E-state index in [9.17, 15) is 4.79 Å². The van der Waals surface area contributed by atoms with Gasteiger partial charge in [0.1, 0.15) is 0 Å². The first-order chi connectivity index (χ1) is 7.22. The predicted molar refractivity (Wildman–Crippen MR) is 55.3 cm³/mol. The number of hydrogen-bond donors (Lipinski definition) is 1. The van der Waals surface area contributed by atoms with Crippen molar-refractivity contribution >= 4 is 5.91 Å². The molecule has 0 saturated carbocycles. The summed E-state index contributed by atoms with van der Waals surface area (Å²) >= 11 is 0. The molecule has 0 spiro atoms. The summed E-state index contributed by atoms with van der Waals surface area (Å²) in [5.41, 5.74) is 0. The van der Waals surface area contributed by atoms with E-state index >= 15 is 0 Å². The van der Waals surface area contributed by atoms with Crippen LogP contribution < -0.4 is 0 Å². The van der Waals surface area contributed by atoms with E-state index in [0.717, 1.165) is 32.5 Å². The second-order valence-corrected chi connectivity index (χ2v) is 4.62. The SMILES string of the molecule is C[C@H]1OCCC[C@@H]1C(=O)N1CC(CO)C1. The molecule has 86 valence electrons. The molecule has 2 saturated heterocycles. The van der Waals surface area contributed by atoms with Gasteiger partial charge in [0, 0.05) is 32.2 Å². The summed E-state index contributed by atoms with van der Waals surface area (Å²) in [4.78, 5) is 13.9. The molecule has 2 atom stereocenters. The fourth-order valence-electron chi connectivity index (χ4n) is 2.35. The minimum absolute atomic E-state index is 0.0402. The van der Waals surface area contributed by atoms with Crippen LogP contribution in [0.25, 0.3) is 0 Å². The molecule has 2 fully saturated rings. The average Bonchev–Trinajstić information content (AvgIpc) is 2.16. The number of carbonyl (C=O) groups is 1. The van der Waals surface area contributed by atoms with Gasteiger partial charge in [-0.15, -0.1) is 0 Å². The van der Waals surface area contributed by atoms with Crippen molar-refractivity contribution in [1.29, 1.82) is 0 Å². The highest BCUT2D eigenvalue weighted by atomic mass is 16.5. The molecule has 1 amide bonds. The van der Waals surface area contributed by atoms with Gasteiger partial charge in [0.05, 0.1) is 12.0 Å². The Bertz CT molecular complexity index is 238. The fraction of sp³-hybridized carbons (Fsp3) is 0.909. The van der Waals surface area contributed by atoms with Crippen LogP contribution in [0.15, 0.2) is 0 Å². The molecule has 2 aliphatic rings. The largest absolute Gasteiger partial charge is 0.396 e. The van der Waals surface area contributed by atoms with Crippen LogP contribution in [0, 0.1) is 11.8 Å². The molecule has 4 nitrogen and oxygen atoms in total. The number of likely N-dealkylation sites (tertiary alicyclic amines) is 1. The molecule has 0 aromatic carbocycles. The zero-order valence-electron chi connectivity index (χ0n) is 9.19. The quantitative estimate of drug-likeness (QED) is 0.715. The number of aliphatic hydroxyl groups excluding tert-OH is 1. The maximum atomic E-state index is 12.0. The standard InChI is InChI=1S/C11H19NO3/c1-8-10(3-2-4-15-8)11(14)12-5-9(6-12)7-13/h8-10,13H,2-7H2,1H3/t8-,10+/m1/s1. The number of hydrogen-bond acceptors (Lipinski definition) is 3. The summed E-state index contributed by atoms with van der Waals surface area (Å²) in [6, 6.07) is 0. The molecule has 0 bridgehead atoms. The van der Waals surface area contributed by atoms with Crippen molar-refractivity contribution in [2.75, 3.05) is 26.3 Å². The monoisotopic (exact) mass is 213 g/mol. The number of nitrogens with zero attached hydrogens (tertiary/aromatic N) is 1. The smallest absolute Gasteiger partial charge is 0.228 e. The van der Waals surface area contributed by atoms with Crippen molar-refractivity contribution in [3.05, 3.63) is 0 Å². The fourth-order valence-corrected chi connectivity index (χ4v) is 2.35. The number of ether oxygens (including phenoxy) is 1. The third-order valence-corrected chi connectivity index (χ3v) is 3.45. The molecular formula is C11H19NO3. The number of aliphatic hydroxyl groups is 1. The van der Waals surface area contributed by atoms with Crippen molar-refractivity contribution in [3.63, 3.8) is 0 Å². The van der Waals surface area contributed by atoms with E-state index in [1.807, 2.05) is 11.8 Å². The lowest BCUT2D eigenvalue weighted by Crippen LogP contribution is -2.55. The van der Waals surface area contributed by atoms with Crippen LogP contribution in [-0.4, -0.2) is 48.3 Å². The van der Waals surface area contributed by atoms with E-state index in [2.05, 4.69) is 0 Å². The zero-order valence-corrected chi connectivity index (χ0v) is 9.19. The Labute approximate surface area is 90.2 Å². The molecule has 0 aromatic rings. The molecular weight excluding hydrogens is 194 g/mol. The predicted octanol–water partition coefficient (Wildman–Crippen LogP) is 0.252. The third kappa shape index (κ3) is 2.16. The van der Waals surface area contributed by atoms with Crippen LogP contribution in [0.5, 0.6) is 0 Å². The van der Waals surface area contributed by atoms with Gasteiger partial charge in [-0.1, -0.05) is 0 Å². The van der Waals surface area contributed by atoms with Crippen molar-refractivity contribution < 1.29 is 14.6 Å². The number of rotatable bonds is 2. The van der Waals surface area contributed by atoms with Gasteiger partial charge < -0.3 is 14.7 Å². The molecule has 2 rings (SSSR count). The van der Waals surface area contributed by atoms with Crippen LogP contribution in [-0.2, 0) is 9.53 Å². The second-order valence-electron chi connectivity index (χ2n) is 4.62. The number of carbonyl (C=O) groups excluding carboxylic acids is 1. The summed E-state index contributed by atoms with van der Waals surface area (Å²) in [6.07, 6.45) is 1.98. The van der Waals surface area contributed by atoms with E-state index in [-0.39, 0.29) is 24.5 Å². The maximum Gasteiger partial charge on any atom is 0.228 e. The highest BCUT2D eigenvalue weighted by Crippen LogP contribution is 2.26. The molecule has 15 heavy (non-hydrogen) atoms. The summed E-state index contributed by atoms with van der Waals surface area (Å²) in [5, 5.41) is 8.89. The molecule has 0 unspecified atom stereocenters. The average molecular weight is 213 g/mol. The Kier molecular flexibility index (Phi) is 3.26. The van der Waals surface area contributed by atoms with Gasteiger partial charge in [-0.05, 0) is 19.8 Å².